The number of hydrogen-bond donors (Lipinski definition) is 0. The first-order valence-corrected chi connectivity index (χ1v) is 9.40. The van der Waals surface area contributed by atoms with Crippen molar-refractivity contribution in [2.45, 2.75) is 6.54 Å². The van der Waals surface area contributed by atoms with Gasteiger partial charge in [0.1, 0.15) is 5.69 Å². The molecule has 0 spiro atoms. The molecular weight excluding hydrogens is 360 g/mol. The van der Waals surface area contributed by atoms with E-state index in [1.54, 1.807) is 0 Å². The molecule has 0 N–H and O–H groups in total. The second-order valence-electron chi connectivity index (χ2n) is 6.43. The number of ether oxygens (including phenoxy) is 1. The zero-order valence-corrected chi connectivity index (χ0v) is 15.7. The number of morpholine rings is 1. The summed E-state index contributed by atoms with van der Waals surface area (Å²) in [5.41, 5.74) is 4.12. The fourth-order valence-electron chi connectivity index (χ4n) is 3.03. The van der Waals surface area contributed by atoms with Crippen LogP contribution >= 0.6 is 11.6 Å². The molecule has 2 aromatic carbocycles. The first-order chi connectivity index (χ1) is 13.3. The molecule has 5 nitrogen and oxygen atoms in total. The molecule has 2 heterocycles. The first-order valence-electron chi connectivity index (χ1n) is 9.02. The maximum Gasteiger partial charge on any atom is 0.101 e. The Hall–Kier alpha value is -2.63. The maximum absolute atomic E-state index is 6.04. The van der Waals surface area contributed by atoms with E-state index in [0.717, 1.165) is 29.9 Å². The molecule has 1 aromatic heterocycles. The molecule has 0 bridgehead atoms. The molecule has 0 radical (unpaired) electrons. The lowest BCUT2D eigenvalue weighted by molar-refractivity contribution is 0.0397. The molecule has 0 saturated carbocycles. The molecule has 0 amide bonds. The molecule has 0 atom stereocenters. The highest BCUT2D eigenvalue weighted by molar-refractivity contribution is 6.30. The summed E-state index contributed by atoms with van der Waals surface area (Å²) < 4.78 is 7.34. The summed E-state index contributed by atoms with van der Waals surface area (Å²) in [6.07, 6.45) is 3.94. The van der Waals surface area contributed by atoms with Gasteiger partial charge < -0.3 is 4.74 Å². The summed E-state index contributed by atoms with van der Waals surface area (Å²) in [4.78, 5) is 0. The van der Waals surface area contributed by atoms with Crippen LogP contribution in [0.5, 0.6) is 0 Å². The number of rotatable bonds is 5. The predicted molar refractivity (Wildman–Crippen MR) is 108 cm³/mol. The fraction of sp³-hybridized carbons (Fsp3) is 0.238. The van der Waals surface area contributed by atoms with E-state index in [1.807, 2.05) is 64.6 Å². The molecule has 0 aliphatic carbocycles. The normalized spacial score (nSPS) is 14.8. The summed E-state index contributed by atoms with van der Waals surface area (Å²) in [6, 6.07) is 18.1. The van der Waals surface area contributed by atoms with E-state index in [0.29, 0.717) is 24.8 Å². The van der Waals surface area contributed by atoms with Gasteiger partial charge in [0.25, 0.3) is 0 Å². The van der Waals surface area contributed by atoms with Crippen LogP contribution in [0.1, 0.15) is 11.1 Å². The Labute approximate surface area is 163 Å². The van der Waals surface area contributed by atoms with Gasteiger partial charge in [-0.3, -0.25) is 9.69 Å². The van der Waals surface area contributed by atoms with E-state index in [2.05, 4.69) is 17.2 Å². The van der Waals surface area contributed by atoms with Crippen LogP contribution in [0.15, 0.2) is 65.9 Å². The number of hydrogen-bond acceptors (Lipinski definition) is 4. The van der Waals surface area contributed by atoms with Crippen molar-refractivity contribution in [2.75, 3.05) is 26.3 Å². The molecule has 4 rings (SSSR count). The first kappa shape index (κ1) is 17.8. The number of benzene rings is 2. The highest BCUT2D eigenvalue weighted by Crippen LogP contribution is 2.23. The molecule has 27 heavy (non-hydrogen) atoms. The van der Waals surface area contributed by atoms with Gasteiger partial charge >= 0.3 is 0 Å². The van der Waals surface area contributed by atoms with E-state index >= 15 is 0 Å². The molecule has 138 valence electrons. The van der Waals surface area contributed by atoms with Crippen LogP contribution in [0.4, 0.5) is 0 Å². The van der Waals surface area contributed by atoms with Crippen molar-refractivity contribution in [2.24, 2.45) is 5.10 Å². The standard InChI is InChI=1S/C21H21ClN4O/c22-20-8-6-18(7-9-20)21-19(14-23-25-10-12-27-13-11-25)16-26(24-21)15-17-4-2-1-3-5-17/h1-9,14,16H,10-13,15H2/b23-14-. The zero-order chi connectivity index (χ0) is 18.5. The van der Waals surface area contributed by atoms with Crippen molar-refractivity contribution in [3.8, 4) is 11.3 Å². The molecule has 1 saturated heterocycles. The number of aromatic nitrogens is 2. The Morgan fingerprint density at radius 3 is 2.52 bits per heavy atom. The average molecular weight is 381 g/mol. The Morgan fingerprint density at radius 2 is 1.78 bits per heavy atom. The van der Waals surface area contributed by atoms with Crippen molar-refractivity contribution < 1.29 is 4.74 Å². The van der Waals surface area contributed by atoms with Gasteiger partial charge in [-0.1, -0.05) is 54.1 Å². The van der Waals surface area contributed by atoms with Crippen molar-refractivity contribution in [1.82, 2.24) is 14.8 Å². The van der Waals surface area contributed by atoms with Crippen molar-refractivity contribution in [3.05, 3.63) is 76.9 Å². The van der Waals surface area contributed by atoms with Crippen molar-refractivity contribution >= 4 is 17.8 Å². The van der Waals surface area contributed by atoms with Gasteiger partial charge in [-0.2, -0.15) is 10.2 Å². The second-order valence-corrected chi connectivity index (χ2v) is 6.87. The summed E-state index contributed by atoms with van der Waals surface area (Å²) in [6.45, 7) is 3.77. The van der Waals surface area contributed by atoms with Crippen LogP contribution in [-0.4, -0.2) is 47.3 Å². The minimum Gasteiger partial charge on any atom is -0.378 e. The van der Waals surface area contributed by atoms with Crippen LogP contribution in [0, 0.1) is 0 Å². The zero-order valence-electron chi connectivity index (χ0n) is 15.0. The van der Waals surface area contributed by atoms with Crippen LogP contribution in [0.3, 0.4) is 0 Å². The van der Waals surface area contributed by atoms with Gasteiger partial charge in [-0.25, -0.2) is 0 Å². The molecule has 1 aliphatic rings. The van der Waals surface area contributed by atoms with Gasteiger partial charge in [0.05, 0.1) is 39.1 Å². The van der Waals surface area contributed by atoms with E-state index in [-0.39, 0.29) is 0 Å². The molecule has 1 aliphatic heterocycles. The molecular formula is C21H21ClN4O. The monoisotopic (exact) mass is 380 g/mol. The van der Waals surface area contributed by atoms with Gasteiger partial charge in [-0.15, -0.1) is 0 Å². The Bertz CT molecular complexity index is 900. The topological polar surface area (TPSA) is 42.7 Å². The fourth-order valence-corrected chi connectivity index (χ4v) is 3.15. The third kappa shape index (κ3) is 4.56. The molecule has 0 unspecified atom stereocenters. The average Bonchev–Trinajstić information content (AvgIpc) is 3.11. The van der Waals surface area contributed by atoms with E-state index < -0.39 is 0 Å². The largest absolute Gasteiger partial charge is 0.378 e. The third-order valence-electron chi connectivity index (χ3n) is 4.44. The summed E-state index contributed by atoms with van der Waals surface area (Å²) in [7, 11) is 0. The smallest absolute Gasteiger partial charge is 0.101 e. The summed E-state index contributed by atoms with van der Waals surface area (Å²) >= 11 is 6.04. The van der Waals surface area contributed by atoms with Gasteiger partial charge in [0, 0.05) is 22.3 Å². The Morgan fingerprint density at radius 1 is 1.04 bits per heavy atom. The quantitative estimate of drug-likeness (QED) is 0.630. The third-order valence-corrected chi connectivity index (χ3v) is 4.69. The minimum atomic E-state index is 0.714. The molecule has 1 fully saturated rings. The molecule has 3 aromatic rings. The number of nitrogens with zero attached hydrogens (tertiary/aromatic N) is 4. The lowest BCUT2D eigenvalue weighted by Crippen LogP contribution is -2.32. The van der Waals surface area contributed by atoms with Crippen molar-refractivity contribution in [1.29, 1.82) is 0 Å². The minimum absolute atomic E-state index is 0.714. The van der Waals surface area contributed by atoms with Crippen LogP contribution in [0.25, 0.3) is 11.3 Å². The Kier molecular flexibility index (Phi) is 5.51. The van der Waals surface area contributed by atoms with Gasteiger partial charge in [0.2, 0.25) is 0 Å². The van der Waals surface area contributed by atoms with Crippen LogP contribution < -0.4 is 0 Å². The predicted octanol–water partition coefficient (Wildman–Crippen LogP) is 3.92. The lowest BCUT2D eigenvalue weighted by atomic mass is 10.1. The van der Waals surface area contributed by atoms with Crippen LogP contribution in [-0.2, 0) is 11.3 Å². The van der Waals surface area contributed by atoms with Crippen molar-refractivity contribution in [3.63, 3.8) is 0 Å². The lowest BCUT2D eigenvalue weighted by Gasteiger charge is -2.23. The molecule has 6 heteroatoms. The van der Waals surface area contributed by atoms with E-state index in [4.69, 9.17) is 21.4 Å². The second kappa shape index (κ2) is 8.37. The van der Waals surface area contributed by atoms with E-state index in [9.17, 15) is 0 Å². The summed E-state index contributed by atoms with van der Waals surface area (Å²) in [5.74, 6) is 0. The van der Waals surface area contributed by atoms with Crippen LogP contribution in [0.2, 0.25) is 5.02 Å². The highest BCUT2D eigenvalue weighted by atomic mass is 35.5. The number of hydrazone groups is 1. The summed E-state index contributed by atoms with van der Waals surface area (Å²) in [5, 5.41) is 12.2. The number of halogens is 1. The van der Waals surface area contributed by atoms with E-state index in [1.165, 1.54) is 5.56 Å². The SMILES string of the molecule is Clc1ccc(-c2nn(Cc3ccccc3)cc2/C=N\N2CCOCC2)cc1. The van der Waals surface area contributed by atoms with Gasteiger partial charge in [-0.05, 0) is 17.7 Å². The maximum atomic E-state index is 6.04. The highest BCUT2D eigenvalue weighted by Gasteiger charge is 2.12. The Balaban J connectivity index is 1.64. The van der Waals surface area contributed by atoms with Gasteiger partial charge in [0.15, 0.2) is 0 Å².